The van der Waals surface area contributed by atoms with Gasteiger partial charge >= 0.3 is 0 Å². The highest BCUT2D eigenvalue weighted by molar-refractivity contribution is 7.25. The average Bonchev–Trinajstić information content (AvgIpc) is 3.88. The molecule has 0 saturated carbocycles. The Kier molecular flexibility index (Phi) is 6.12. The van der Waals surface area contributed by atoms with Crippen molar-refractivity contribution < 1.29 is 8.83 Å². The van der Waals surface area contributed by atoms with Crippen LogP contribution in [-0.2, 0) is 0 Å². The number of hydrogen-bond donors (Lipinski definition) is 1. The normalized spacial score (nSPS) is 14.9. The number of aliphatic imine (C=N–C) groups is 2. The van der Waals surface area contributed by atoms with Crippen molar-refractivity contribution in [2.24, 2.45) is 9.98 Å². The van der Waals surface area contributed by atoms with E-state index in [1.165, 1.54) is 20.2 Å². The summed E-state index contributed by atoms with van der Waals surface area (Å²) in [7, 11) is 0. The summed E-state index contributed by atoms with van der Waals surface area (Å²) in [5.74, 6) is 1.45. The van der Waals surface area contributed by atoms with Crippen LogP contribution in [0.4, 0.5) is 0 Å². The molecule has 1 aliphatic heterocycles. The van der Waals surface area contributed by atoms with Gasteiger partial charge < -0.3 is 14.2 Å². The summed E-state index contributed by atoms with van der Waals surface area (Å²) in [6, 6.07) is 52.6. The maximum absolute atomic E-state index is 6.70. The monoisotopic (exact) mass is 673 g/mol. The van der Waals surface area contributed by atoms with E-state index < -0.39 is 0 Å². The Labute approximate surface area is 295 Å². The minimum atomic E-state index is -0.338. The standard InChI is InChI=1S/C45H27N3O2S/c1-2-10-26(11-3-1)43-46-44(28-21-23-40-35(24-28)32-13-5-7-19-39(32)51-40)48-45(47-43)34-16-9-18-37-41(34)33-15-8-14-29(42(33)50-37)27-20-22-31-30-12-4-6-17-36(30)49-38(31)25-27/h1-25,44H,(H,46,47,48). The van der Waals surface area contributed by atoms with Crippen molar-refractivity contribution in [2.45, 2.75) is 6.17 Å². The molecule has 240 valence electrons. The number of rotatable bonds is 4. The van der Waals surface area contributed by atoms with Crippen LogP contribution in [0.3, 0.4) is 0 Å². The van der Waals surface area contributed by atoms with E-state index in [0.29, 0.717) is 5.84 Å². The number of nitrogens with zero attached hydrogens (tertiary/aromatic N) is 2. The van der Waals surface area contributed by atoms with Gasteiger partial charge in [-0.05, 0) is 53.6 Å². The molecule has 1 N–H and O–H groups in total. The SMILES string of the molecule is c1ccc(C2=NC(c3cccc4oc5c(-c6ccc7c(c6)oc6ccccc67)cccc5c34)=NC(c3ccc4sc5ccccc5c4c3)N2)cc1. The van der Waals surface area contributed by atoms with Gasteiger partial charge in [-0.3, -0.25) is 0 Å². The molecule has 1 atom stereocenters. The minimum absolute atomic E-state index is 0.338. The second-order valence-electron chi connectivity index (χ2n) is 13.0. The number of fused-ring (bicyclic) bond motifs is 9. The number of para-hydroxylation sites is 2. The van der Waals surface area contributed by atoms with E-state index in [9.17, 15) is 0 Å². The molecule has 0 amide bonds. The van der Waals surface area contributed by atoms with Gasteiger partial charge in [0.05, 0.1) is 0 Å². The summed E-state index contributed by atoms with van der Waals surface area (Å²) < 4.78 is 15.5. The van der Waals surface area contributed by atoms with Crippen molar-refractivity contribution in [1.82, 2.24) is 5.32 Å². The Balaban J connectivity index is 1.08. The lowest BCUT2D eigenvalue weighted by molar-refractivity contribution is 0.668. The molecule has 3 aromatic heterocycles. The predicted octanol–water partition coefficient (Wildman–Crippen LogP) is 12.0. The maximum Gasteiger partial charge on any atom is 0.160 e. The number of nitrogens with one attached hydrogen (secondary N) is 1. The number of furan rings is 2. The molecule has 0 spiro atoms. The molecule has 7 aromatic carbocycles. The highest BCUT2D eigenvalue weighted by Crippen LogP contribution is 2.41. The van der Waals surface area contributed by atoms with E-state index in [2.05, 4.69) is 108 Å². The van der Waals surface area contributed by atoms with Crippen LogP contribution in [0.25, 0.3) is 75.2 Å². The molecule has 10 aromatic rings. The van der Waals surface area contributed by atoms with Crippen LogP contribution >= 0.6 is 11.3 Å². The third-order valence-electron chi connectivity index (χ3n) is 9.96. The minimum Gasteiger partial charge on any atom is -0.456 e. The molecule has 11 rings (SSSR count). The summed E-state index contributed by atoms with van der Waals surface area (Å²) >= 11 is 1.82. The summed E-state index contributed by atoms with van der Waals surface area (Å²) in [5.41, 5.74) is 8.41. The highest BCUT2D eigenvalue weighted by Gasteiger charge is 2.25. The van der Waals surface area contributed by atoms with Gasteiger partial charge in [0.15, 0.2) is 5.84 Å². The largest absolute Gasteiger partial charge is 0.456 e. The molecular formula is C45H27N3O2S. The van der Waals surface area contributed by atoms with Crippen LogP contribution < -0.4 is 5.32 Å². The van der Waals surface area contributed by atoms with Crippen molar-refractivity contribution in [3.63, 3.8) is 0 Å². The smallest absolute Gasteiger partial charge is 0.160 e. The molecule has 0 fully saturated rings. The Bertz CT molecular complexity index is 3070. The van der Waals surface area contributed by atoms with E-state index in [1.807, 2.05) is 59.9 Å². The van der Waals surface area contributed by atoms with Crippen LogP contribution in [0.5, 0.6) is 0 Å². The van der Waals surface area contributed by atoms with Crippen LogP contribution in [0.2, 0.25) is 0 Å². The number of thiophene rings is 1. The molecule has 0 aliphatic carbocycles. The fourth-order valence-corrected chi connectivity index (χ4v) is 8.64. The quantitative estimate of drug-likeness (QED) is 0.202. The van der Waals surface area contributed by atoms with E-state index in [0.717, 1.165) is 77.5 Å². The Hall–Kier alpha value is -6.50. The van der Waals surface area contributed by atoms with Crippen LogP contribution in [0.1, 0.15) is 22.9 Å². The lowest BCUT2D eigenvalue weighted by atomic mass is 9.99. The zero-order valence-electron chi connectivity index (χ0n) is 27.1. The van der Waals surface area contributed by atoms with Gasteiger partial charge in [0.2, 0.25) is 0 Å². The summed E-state index contributed by atoms with van der Waals surface area (Å²) in [4.78, 5) is 10.5. The van der Waals surface area contributed by atoms with E-state index in [-0.39, 0.29) is 6.17 Å². The number of amidine groups is 2. The topological polar surface area (TPSA) is 63.0 Å². The molecule has 0 radical (unpaired) electrons. The highest BCUT2D eigenvalue weighted by atomic mass is 32.1. The van der Waals surface area contributed by atoms with Crippen molar-refractivity contribution in [1.29, 1.82) is 0 Å². The first-order valence-corrected chi connectivity index (χ1v) is 17.8. The first-order chi connectivity index (χ1) is 25.2. The zero-order chi connectivity index (χ0) is 33.5. The molecule has 1 aliphatic rings. The van der Waals surface area contributed by atoms with Gasteiger partial charge in [0, 0.05) is 58.4 Å². The lowest BCUT2D eigenvalue weighted by Gasteiger charge is -2.24. The Morgan fingerprint density at radius 3 is 2.20 bits per heavy atom. The molecular weight excluding hydrogens is 647 g/mol. The Morgan fingerprint density at radius 1 is 0.510 bits per heavy atom. The Morgan fingerprint density at radius 2 is 1.25 bits per heavy atom. The first-order valence-electron chi connectivity index (χ1n) is 17.0. The van der Waals surface area contributed by atoms with Gasteiger partial charge in [-0.2, -0.15) is 0 Å². The molecule has 0 saturated heterocycles. The summed E-state index contributed by atoms with van der Waals surface area (Å²) in [6.45, 7) is 0. The lowest BCUT2D eigenvalue weighted by Crippen LogP contribution is -2.33. The molecule has 1 unspecified atom stereocenters. The van der Waals surface area contributed by atoms with Crippen molar-refractivity contribution >= 4 is 87.1 Å². The molecule has 5 nitrogen and oxygen atoms in total. The van der Waals surface area contributed by atoms with Gasteiger partial charge in [-0.1, -0.05) is 109 Å². The van der Waals surface area contributed by atoms with Crippen LogP contribution in [0.15, 0.2) is 170 Å². The van der Waals surface area contributed by atoms with Gasteiger partial charge in [0.25, 0.3) is 0 Å². The molecule has 0 bridgehead atoms. The second-order valence-corrected chi connectivity index (χ2v) is 14.0. The van der Waals surface area contributed by atoms with Gasteiger partial charge in [-0.25, -0.2) is 9.98 Å². The molecule has 51 heavy (non-hydrogen) atoms. The molecule has 6 heteroatoms. The predicted molar refractivity (Wildman–Crippen MR) is 211 cm³/mol. The van der Waals surface area contributed by atoms with Crippen LogP contribution in [-0.4, -0.2) is 11.7 Å². The van der Waals surface area contributed by atoms with Gasteiger partial charge in [0.1, 0.15) is 34.3 Å². The van der Waals surface area contributed by atoms with E-state index >= 15 is 0 Å². The molecule has 4 heterocycles. The van der Waals surface area contributed by atoms with Crippen molar-refractivity contribution in [2.75, 3.05) is 0 Å². The van der Waals surface area contributed by atoms with Crippen molar-refractivity contribution in [3.05, 3.63) is 168 Å². The first kappa shape index (κ1) is 28.3. The third-order valence-corrected chi connectivity index (χ3v) is 11.1. The number of benzene rings is 7. The van der Waals surface area contributed by atoms with Crippen LogP contribution in [0, 0.1) is 0 Å². The zero-order valence-corrected chi connectivity index (χ0v) is 27.9. The van der Waals surface area contributed by atoms with E-state index in [4.69, 9.17) is 18.8 Å². The maximum atomic E-state index is 6.70. The third kappa shape index (κ3) is 4.47. The van der Waals surface area contributed by atoms with Gasteiger partial charge in [-0.15, -0.1) is 11.3 Å². The summed E-state index contributed by atoms with van der Waals surface area (Å²) in [5, 5.41) is 10.4. The van der Waals surface area contributed by atoms with Crippen molar-refractivity contribution in [3.8, 4) is 11.1 Å². The number of hydrogen-bond acceptors (Lipinski definition) is 6. The fourth-order valence-electron chi connectivity index (χ4n) is 7.55. The second kappa shape index (κ2) is 11.0. The average molecular weight is 674 g/mol. The fraction of sp³-hybridized carbons (Fsp3) is 0.0222. The van der Waals surface area contributed by atoms with E-state index in [1.54, 1.807) is 0 Å². The summed E-state index contributed by atoms with van der Waals surface area (Å²) in [6.07, 6.45) is -0.338.